The standard InChI is InChI=1S/C15H23NO2.C6H3N3O7/c1-7-8-12-9-14(17-5)15(18-6)10-13(12)11(2)16(3)4;10-6-4(8(13)14)1-3(7(11)12)2-5(6)9(15)16/h7,9-11H,1,8H2,2-6H3;1-2,10H. The molecule has 0 aliphatic heterocycles. The first-order valence-corrected chi connectivity index (χ1v) is 9.71. The molecule has 0 amide bonds. The number of allylic oxidation sites excluding steroid dienone is 1. The fourth-order valence-electron chi connectivity index (χ4n) is 2.91. The Hall–Kier alpha value is -4.26. The van der Waals surface area contributed by atoms with Crippen molar-refractivity contribution in [3.63, 3.8) is 0 Å². The van der Waals surface area contributed by atoms with Crippen LogP contribution in [0.3, 0.4) is 0 Å². The van der Waals surface area contributed by atoms with Gasteiger partial charge >= 0.3 is 11.4 Å². The highest BCUT2D eigenvalue weighted by atomic mass is 16.6. The Kier molecular flexibility index (Phi) is 9.89. The van der Waals surface area contributed by atoms with Crippen molar-refractivity contribution >= 4 is 17.1 Å². The average molecular weight is 478 g/mol. The summed E-state index contributed by atoms with van der Waals surface area (Å²) in [6, 6.07) is 5.31. The fourth-order valence-corrected chi connectivity index (χ4v) is 2.91. The van der Waals surface area contributed by atoms with Crippen LogP contribution in [0.5, 0.6) is 17.2 Å². The van der Waals surface area contributed by atoms with E-state index in [4.69, 9.17) is 14.6 Å². The molecule has 13 nitrogen and oxygen atoms in total. The van der Waals surface area contributed by atoms with E-state index in [-0.39, 0.29) is 0 Å². The number of phenols is 1. The summed E-state index contributed by atoms with van der Waals surface area (Å²) in [6.07, 6.45) is 2.74. The molecule has 13 heteroatoms. The summed E-state index contributed by atoms with van der Waals surface area (Å²) in [5, 5.41) is 40.2. The summed E-state index contributed by atoms with van der Waals surface area (Å²) in [7, 11) is 7.46. The molecule has 0 heterocycles. The summed E-state index contributed by atoms with van der Waals surface area (Å²) in [5.41, 5.74) is -0.528. The van der Waals surface area contributed by atoms with Crippen LogP contribution in [0.15, 0.2) is 36.9 Å². The largest absolute Gasteiger partial charge is 0.497 e. The molecular weight excluding hydrogens is 452 g/mol. The summed E-state index contributed by atoms with van der Waals surface area (Å²) in [5.74, 6) is 0.332. The van der Waals surface area contributed by atoms with Crippen LogP contribution >= 0.6 is 0 Å². The summed E-state index contributed by atoms with van der Waals surface area (Å²) in [6.45, 7) is 5.99. The Bertz CT molecular complexity index is 1050. The number of non-ortho nitro benzene ring substituents is 1. The molecule has 1 N–H and O–H groups in total. The van der Waals surface area contributed by atoms with Gasteiger partial charge in [-0.05, 0) is 50.7 Å². The van der Waals surface area contributed by atoms with Crippen molar-refractivity contribution in [2.24, 2.45) is 0 Å². The second-order valence-electron chi connectivity index (χ2n) is 7.14. The van der Waals surface area contributed by atoms with E-state index < -0.39 is 37.6 Å². The maximum atomic E-state index is 10.4. The number of benzene rings is 2. The van der Waals surface area contributed by atoms with Crippen molar-refractivity contribution in [2.75, 3.05) is 28.3 Å². The highest BCUT2D eigenvalue weighted by molar-refractivity contribution is 5.64. The number of hydrogen-bond acceptors (Lipinski definition) is 10. The molecule has 1 unspecified atom stereocenters. The average Bonchev–Trinajstić information content (AvgIpc) is 2.78. The van der Waals surface area contributed by atoms with Crippen LogP contribution in [0.25, 0.3) is 0 Å². The smallest absolute Gasteiger partial charge is 0.324 e. The molecule has 0 spiro atoms. The van der Waals surface area contributed by atoms with Gasteiger partial charge in [0.1, 0.15) is 0 Å². The zero-order valence-electron chi connectivity index (χ0n) is 19.4. The Labute approximate surface area is 195 Å². The molecule has 2 aromatic rings. The lowest BCUT2D eigenvalue weighted by atomic mass is 9.97. The molecular formula is C21H26N4O9. The van der Waals surface area contributed by atoms with E-state index in [1.807, 2.05) is 12.1 Å². The predicted molar refractivity (Wildman–Crippen MR) is 124 cm³/mol. The maximum absolute atomic E-state index is 10.4. The van der Waals surface area contributed by atoms with Crippen molar-refractivity contribution in [1.82, 2.24) is 4.90 Å². The lowest BCUT2D eigenvalue weighted by Crippen LogP contribution is -2.18. The van der Waals surface area contributed by atoms with Gasteiger partial charge < -0.3 is 19.5 Å². The number of nitrogens with zero attached hydrogens (tertiary/aromatic N) is 4. The number of aromatic hydroxyl groups is 1. The third-order valence-corrected chi connectivity index (χ3v) is 4.89. The Morgan fingerprint density at radius 2 is 1.44 bits per heavy atom. The first-order chi connectivity index (χ1) is 15.9. The van der Waals surface area contributed by atoms with E-state index in [9.17, 15) is 30.3 Å². The second-order valence-corrected chi connectivity index (χ2v) is 7.14. The SMILES string of the molecule is C=CCc1cc(OC)c(OC)cc1C(C)N(C)C.O=[N+]([O-])c1cc([N+](=O)[O-])c(O)c([N+](=O)[O-])c1. The van der Waals surface area contributed by atoms with Crippen LogP contribution in [0.2, 0.25) is 0 Å². The number of nitro benzene ring substituents is 3. The number of hydrogen-bond donors (Lipinski definition) is 1. The van der Waals surface area contributed by atoms with Gasteiger partial charge in [0, 0.05) is 6.04 Å². The van der Waals surface area contributed by atoms with E-state index in [1.165, 1.54) is 11.1 Å². The van der Waals surface area contributed by atoms with Gasteiger partial charge in [-0.25, -0.2) is 0 Å². The van der Waals surface area contributed by atoms with Crippen LogP contribution in [0.4, 0.5) is 17.1 Å². The number of ether oxygens (including phenoxy) is 2. The van der Waals surface area contributed by atoms with Gasteiger partial charge in [-0.15, -0.1) is 6.58 Å². The van der Waals surface area contributed by atoms with Crippen molar-refractivity contribution in [3.8, 4) is 17.2 Å². The van der Waals surface area contributed by atoms with E-state index >= 15 is 0 Å². The summed E-state index contributed by atoms with van der Waals surface area (Å²) >= 11 is 0. The molecule has 0 radical (unpaired) electrons. The van der Waals surface area contributed by atoms with Crippen LogP contribution in [0.1, 0.15) is 24.1 Å². The van der Waals surface area contributed by atoms with Gasteiger partial charge in [-0.3, -0.25) is 30.3 Å². The molecule has 0 aliphatic carbocycles. The van der Waals surface area contributed by atoms with Gasteiger partial charge in [-0.1, -0.05) is 6.08 Å². The minimum Gasteiger partial charge on any atom is -0.497 e. The molecule has 0 saturated heterocycles. The molecule has 34 heavy (non-hydrogen) atoms. The first kappa shape index (κ1) is 27.8. The lowest BCUT2D eigenvalue weighted by molar-refractivity contribution is -0.404. The summed E-state index contributed by atoms with van der Waals surface area (Å²) < 4.78 is 10.7. The number of rotatable bonds is 9. The highest BCUT2D eigenvalue weighted by Crippen LogP contribution is 2.39. The van der Waals surface area contributed by atoms with Crippen molar-refractivity contribution in [1.29, 1.82) is 0 Å². The summed E-state index contributed by atoms with van der Waals surface area (Å²) in [4.78, 5) is 29.9. The zero-order chi connectivity index (χ0) is 26.2. The van der Waals surface area contributed by atoms with Crippen LogP contribution in [-0.2, 0) is 6.42 Å². The van der Waals surface area contributed by atoms with Crippen molar-refractivity contribution in [3.05, 3.63) is 78.4 Å². The van der Waals surface area contributed by atoms with E-state index in [2.05, 4.69) is 38.6 Å². The minimum absolute atomic E-state index is 0.319. The van der Waals surface area contributed by atoms with E-state index in [0.29, 0.717) is 18.2 Å². The van der Waals surface area contributed by atoms with Crippen molar-refractivity contribution in [2.45, 2.75) is 19.4 Å². The molecule has 0 bridgehead atoms. The predicted octanol–water partition coefficient (Wildman–Crippen LogP) is 4.17. The topological polar surface area (TPSA) is 171 Å². The lowest BCUT2D eigenvalue weighted by Gasteiger charge is -2.24. The molecule has 0 fully saturated rings. The molecule has 184 valence electrons. The molecule has 0 saturated carbocycles. The molecule has 0 aliphatic rings. The Morgan fingerprint density at radius 1 is 0.971 bits per heavy atom. The first-order valence-electron chi connectivity index (χ1n) is 9.71. The van der Waals surface area contributed by atoms with Crippen LogP contribution in [-0.4, -0.2) is 53.1 Å². The molecule has 0 aromatic heterocycles. The maximum Gasteiger partial charge on any atom is 0.324 e. The van der Waals surface area contributed by atoms with Crippen LogP contribution in [0, 0.1) is 30.3 Å². The van der Waals surface area contributed by atoms with Crippen molar-refractivity contribution < 1.29 is 29.4 Å². The normalized spacial score (nSPS) is 11.1. The van der Waals surface area contributed by atoms with E-state index in [0.717, 1.165) is 17.9 Å². The van der Waals surface area contributed by atoms with Gasteiger partial charge in [0.25, 0.3) is 11.4 Å². The van der Waals surface area contributed by atoms with Gasteiger partial charge in [0.15, 0.2) is 11.5 Å². The van der Waals surface area contributed by atoms with Crippen LogP contribution < -0.4 is 9.47 Å². The molecule has 2 aromatic carbocycles. The number of nitro groups is 3. The third kappa shape index (κ3) is 6.62. The zero-order valence-corrected chi connectivity index (χ0v) is 19.4. The number of phenolic OH excluding ortho intramolecular Hbond substituents is 1. The highest BCUT2D eigenvalue weighted by Gasteiger charge is 2.30. The molecule has 2 rings (SSSR count). The molecule has 1 atom stereocenters. The Morgan fingerprint density at radius 3 is 1.79 bits per heavy atom. The Balaban J connectivity index is 0.000000342. The van der Waals surface area contributed by atoms with E-state index in [1.54, 1.807) is 14.2 Å². The van der Waals surface area contributed by atoms with Gasteiger partial charge in [0.2, 0.25) is 0 Å². The fraction of sp³-hybridized carbons (Fsp3) is 0.333. The quantitative estimate of drug-likeness (QED) is 0.313. The third-order valence-electron chi connectivity index (χ3n) is 4.89. The number of methoxy groups -OCH3 is 2. The monoisotopic (exact) mass is 478 g/mol. The second kappa shape index (κ2) is 12.1. The van der Waals surface area contributed by atoms with Gasteiger partial charge in [0.05, 0.1) is 41.1 Å². The minimum atomic E-state index is -1.21. The van der Waals surface area contributed by atoms with Gasteiger partial charge in [-0.2, -0.15) is 0 Å².